The van der Waals surface area contributed by atoms with Gasteiger partial charge in [0.25, 0.3) is 0 Å². The number of nitrogens with zero attached hydrogens (tertiary/aromatic N) is 1. The van der Waals surface area contributed by atoms with Gasteiger partial charge in [0.15, 0.2) is 5.58 Å². The summed E-state index contributed by atoms with van der Waals surface area (Å²) in [5.41, 5.74) is 9.13. The minimum atomic E-state index is 0.834. The molecule has 0 N–H and O–H groups in total. The molecule has 0 saturated carbocycles. The Morgan fingerprint density at radius 2 is 0.896 bits per heavy atom. The fourth-order valence-electron chi connectivity index (χ4n) is 7.95. The Balaban J connectivity index is 1.20. The molecule has 0 aliphatic carbocycles. The highest BCUT2D eigenvalue weighted by atomic mass is 16.3. The van der Waals surface area contributed by atoms with Crippen LogP contribution < -0.4 is 0 Å². The molecular weight excluding hydrogens is 587 g/mol. The topological polar surface area (TPSA) is 39.2 Å². The zero-order chi connectivity index (χ0) is 31.3. The number of aromatic nitrogens is 1. The van der Waals surface area contributed by atoms with Gasteiger partial charge in [-0.2, -0.15) is 0 Å². The van der Waals surface area contributed by atoms with Gasteiger partial charge in [-0.25, -0.2) is 0 Å². The molecular formula is C45H25NO2. The van der Waals surface area contributed by atoms with Gasteiger partial charge in [-0.15, -0.1) is 0 Å². The Morgan fingerprint density at radius 1 is 0.375 bits per heavy atom. The summed E-state index contributed by atoms with van der Waals surface area (Å²) in [7, 11) is 0. The van der Waals surface area contributed by atoms with Gasteiger partial charge in [-0.05, 0) is 84.9 Å². The first-order chi connectivity index (χ1) is 23.8. The SMILES string of the molecule is c1ccc2c(c1)cnc1c3cc(-c4c5ccccc5c(-c5ccc6oc7ccc8ccccc8c7c6c5)c5ccccc45)ccc3oc21. The third-order valence-electron chi connectivity index (χ3n) is 10.1. The minimum absolute atomic E-state index is 0.834. The highest BCUT2D eigenvalue weighted by molar-refractivity contribution is 6.24. The Hall–Kier alpha value is -6.45. The number of fused-ring (bicyclic) bond motifs is 12. The molecule has 3 heteroatoms. The predicted octanol–water partition coefficient (Wildman–Crippen LogP) is 12.8. The van der Waals surface area contributed by atoms with Crippen LogP contribution in [0.4, 0.5) is 0 Å². The predicted molar refractivity (Wildman–Crippen MR) is 200 cm³/mol. The van der Waals surface area contributed by atoms with Crippen LogP contribution >= 0.6 is 0 Å². The van der Waals surface area contributed by atoms with E-state index in [9.17, 15) is 0 Å². The second-order valence-corrected chi connectivity index (χ2v) is 12.7. The van der Waals surface area contributed by atoms with Gasteiger partial charge >= 0.3 is 0 Å². The fourth-order valence-corrected chi connectivity index (χ4v) is 7.95. The molecule has 0 bridgehead atoms. The molecule has 222 valence electrons. The summed E-state index contributed by atoms with van der Waals surface area (Å²) in [5, 5.41) is 12.7. The van der Waals surface area contributed by atoms with E-state index in [1.165, 1.54) is 49.0 Å². The number of rotatable bonds is 2. The molecule has 0 atom stereocenters. The van der Waals surface area contributed by atoms with Crippen LogP contribution in [0.5, 0.6) is 0 Å². The molecule has 11 aromatic rings. The summed E-state index contributed by atoms with van der Waals surface area (Å²) in [6.45, 7) is 0. The van der Waals surface area contributed by atoms with E-state index in [0.717, 1.165) is 60.3 Å². The molecule has 0 saturated heterocycles. The molecule has 0 aliphatic heterocycles. The third-order valence-corrected chi connectivity index (χ3v) is 10.1. The van der Waals surface area contributed by atoms with Gasteiger partial charge in [0.2, 0.25) is 0 Å². The zero-order valence-electron chi connectivity index (χ0n) is 25.7. The lowest BCUT2D eigenvalue weighted by Crippen LogP contribution is -1.91. The molecule has 0 amide bonds. The van der Waals surface area contributed by atoms with Crippen molar-refractivity contribution < 1.29 is 8.83 Å². The van der Waals surface area contributed by atoms with Crippen molar-refractivity contribution in [3.63, 3.8) is 0 Å². The second-order valence-electron chi connectivity index (χ2n) is 12.7. The van der Waals surface area contributed by atoms with Crippen molar-refractivity contribution in [2.24, 2.45) is 0 Å². The molecule has 8 aromatic carbocycles. The van der Waals surface area contributed by atoms with Crippen LogP contribution in [0, 0.1) is 0 Å². The van der Waals surface area contributed by atoms with Crippen molar-refractivity contribution in [3.8, 4) is 22.3 Å². The average molecular weight is 612 g/mol. The third kappa shape index (κ3) is 3.50. The number of benzene rings is 8. The maximum Gasteiger partial charge on any atom is 0.161 e. The minimum Gasteiger partial charge on any atom is -0.456 e. The van der Waals surface area contributed by atoms with E-state index in [4.69, 9.17) is 13.8 Å². The monoisotopic (exact) mass is 611 g/mol. The first kappa shape index (κ1) is 25.7. The summed E-state index contributed by atoms with van der Waals surface area (Å²) in [5.74, 6) is 0. The maximum absolute atomic E-state index is 6.42. The van der Waals surface area contributed by atoms with Crippen LogP contribution in [-0.2, 0) is 0 Å². The Labute approximate surface area is 274 Å². The summed E-state index contributed by atoms with van der Waals surface area (Å²) in [4.78, 5) is 4.87. The van der Waals surface area contributed by atoms with Crippen molar-refractivity contribution in [3.05, 3.63) is 152 Å². The first-order valence-corrected chi connectivity index (χ1v) is 16.3. The van der Waals surface area contributed by atoms with Crippen LogP contribution in [0.25, 0.3) is 109 Å². The number of furan rings is 2. The normalized spacial score (nSPS) is 12.2. The van der Waals surface area contributed by atoms with Gasteiger partial charge in [-0.3, -0.25) is 4.98 Å². The van der Waals surface area contributed by atoms with E-state index in [1.54, 1.807) is 0 Å². The van der Waals surface area contributed by atoms with Crippen LogP contribution in [0.3, 0.4) is 0 Å². The molecule has 48 heavy (non-hydrogen) atoms. The Kier molecular flexibility index (Phi) is 5.11. The molecule has 0 unspecified atom stereocenters. The number of hydrogen-bond donors (Lipinski definition) is 0. The van der Waals surface area contributed by atoms with E-state index in [-0.39, 0.29) is 0 Å². The Morgan fingerprint density at radius 3 is 1.56 bits per heavy atom. The number of hydrogen-bond acceptors (Lipinski definition) is 3. The van der Waals surface area contributed by atoms with E-state index in [2.05, 4.69) is 140 Å². The van der Waals surface area contributed by atoms with Gasteiger partial charge in [-0.1, -0.05) is 115 Å². The smallest absolute Gasteiger partial charge is 0.161 e. The second kappa shape index (κ2) is 9.54. The largest absolute Gasteiger partial charge is 0.456 e. The van der Waals surface area contributed by atoms with Crippen molar-refractivity contribution in [1.82, 2.24) is 4.98 Å². The van der Waals surface area contributed by atoms with Crippen molar-refractivity contribution in [1.29, 1.82) is 0 Å². The molecule has 3 heterocycles. The van der Waals surface area contributed by atoms with Crippen LogP contribution in [0.1, 0.15) is 0 Å². The molecule has 11 rings (SSSR count). The zero-order valence-corrected chi connectivity index (χ0v) is 25.7. The molecule has 3 aromatic heterocycles. The average Bonchev–Trinajstić information content (AvgIpc) is 3.72. The standard InChI is InChI=1S/C45H25NO2/c1-3-11-30-26(9-1)17-22-40-43(30)36-23-27(18-20-38(36)47-40)41-32-13-5-7-15-34(32)42(35-16-8-6-14-33(35)41)28-19-21-39-37(24-28)44-45(48-39)31-12-4-2-10-29(31)25-46-44/h1-25H. The highest BCUT2D eigenvalue weighted by Crippen LogP contribution is 2.46. The van der Waals surface area contributed by atoms with E-state index >= 15 is 0 Å². The Bertz CT molecular complexity index is 3070. The van der Waals surface area contributed by atoms with Crippen molar-refractivity contribution in [2.75, 3.05) is 0 Å². The van der Waals surface area contributed by atoms with Gasteiger partial charge in [0.05, 0.1) is 0 Å². The van der Waals surface area contributed by atoms with Crippen molar-refractivity contribution in [2.45, 2.75) is 0 Å². The summed E-state index contributed by atoms with van der Waals surface area (Å²) >= 11 is 0. The molecule has 3 nitrogen and oxygen atoms in total. The van der Waals surface area contributed by atoms with Gasteiger partial charge in [0, 0.05) is 33.1 Å². The van der Waals surface area contributed by atoms with E-state index in [0.29, 0.717) is 0 Å². The van der Waals surface area contributed by atoms with Crippen LogP contribution in [0.15, 0.2) is 161 Å². The summed E-state index contributed by atoms with van der Waals surface area (Å²) < 4.78 is 12.8. The highest BCUT2D eigenvalue weighted by Gasteiger charge is 2.20. The molecule has 0 spiro atoms. The first-order valence-electron chi connectivity index (χ1n) is 16.3. The molecule has 0 aliphatic rings. The van der Waals surface area contributed by atoms with E-state index in [1.807, 2.05) is 12.3 Å². The maximum atomic E-state index is 6.42. The van der Waals surface area contributed by atoms with Crippen molar-refractivity contribution >= 4 is 87.1 Å². The van der Waals surface area contributed by atoms with Crippen LogP contribution in [-0.4, -0.2) is 4.98 Å². The molecule has 0 radical (unpaired) electrons. The van der Waals surface area contributed by atoms with Crippen LogP contribution in [0.2, 0.25) is 0 Å². The lowest BCUT2D eigenvalue weighted by molar-refractivity contribution is 0.669. The van der Waals surface area contributed by atoms with E-state index < -0.39 is 0 Å². The lowest BCUT2D eigenvalue weighted by atomic mass is 9.85. The quantitative estimate of drug-likeness (QED) is 0.183. The lowest BCUT2D eigenvalue weighted by Gasteiger charge is -2.17. The van der Waals surface area contributed by atoms with Gasteiger partial charge < -0.3 is 8.83 Å². The van der Waals surface area contributed by atoms with Gasteiger partial charge in [0.1, 0.15) is 22.3 Å². The molecule has 0 fully saturated rings. The fraction of sp³-hybridized carbons (Fsp3) is 0. The number of pyridine rings is 1. The summed E-state index contributed by atoms with van der Waals surface area (Å²) in [6.07, 6.45) is 1.95. The summed E-state index contributed by atoms with van der Waals surface area (Å²) in [6, 6.07) is 51.9.